The van der Waals surface area contributed by atoms with Gasteiger partial charge in [0.1, 0.15) is 18.2 Å². The van der Waals surface area contributed by atoms with Crippen LogP contribution < -0.4 is 9.47 Å². The molecule has 2 nitrogen and oxygen atoms in total. The van der Waals surface area contributed by atoms with Gasteiger partial charge in [0, 0.05) is 11.6 Å². The van der Waals surface area contributed by atoms with Gasteiger partial charge in [-0.15, -0.1) is 0 Å². The fourth-order valence-corrected chi connectivity index (χ4v) is 4.78. The van der Waals surface area contributed by atoms with E-state index in [4.69, 9.17) is 9.47 Å². The van der Waals surface area contributed by atoms with Gasteiger partial charge in [0.05, 0.1) is 6.61 Å². The Morgan fingerprint density at radius 1 is 0.794 bits per heavy atom. The summed E-state index contributed by atoms with van der Waals surface area (Å²) in [5.41, 5.74) is 2.41. The highest BCUT2D eigenvalue weighted by Gasteiger charge is 2.26. The Morgan fingerprint density at radius 2 is 1.53 bits per heavy atom. The first kappa shape index (κ1) is 24.2. The lowest BCUT2D eigenvalue weighted by Crippen LogP contribution is -2.14. The summed E-state index contributed by atoms with van der Waals surface area (Å²) in [7, 11) is 0. The maximum absolute atomic E-state index is 14.8. The molecule has 0 unspecified atom stereocenters. The van der Waals surface area contributed by atoms with Crippen molar-refractivity contribution in [2.75, 3.05) is 6.61 Å². The molecule has 5 heteroatoms. The lowest BCUT2D eigenvalue weighted by atomic mass is 9.77. The largest absolute Gasteiger partial charge is 0.494 e. The molecule has 0 aliphatic heterocycles. The molecule has 180 valence electrons. The summed E-state index contributed by atoms with van der Waals surface area (Å²) in [6.45, 7) is 4.59. The van der Waals surface area contributed by atoms with Gasteiger partial charge in [0.2, 0.25) is 5.82 Å². The second kappa shape index (κ2) is 11.0. The smallest absolute Gasteiger partial charge is 0.200 e. The number of hydrogen-bond donors (Lipinski definition) is 0. The number of ether oxygens (including phenoxy) is 2. The predicted molar refractivity (Wildman–Crippen MR) is 129 cm³/mol. The van der Waals surface area contributed by atoms with Crippen molar-refractivity contribution in [2.45, 2.75) is 58.5 Å². The van der Waals surface area contributed by atoms with E-state index in [1.165, 1.54) is 12.1 Å². The third-order valence-electron chi connectivity index (χ3n) is 6.85. The summed E-state index contributed by atoms with van der Waals surface area (Å²) in [6, 6.07) is 15.1. The fourth-order valence-electron chi connectivity index (χ4n) is 4.78. The molecule has 0 N–H and O–H groups in total. The highest BCUT2D eigenvalue weighted by molar-refractivity contribution is 5.65. The minimum atomic E-state index is -0.928. The van der Waals surface area contributed by atoms with Crippen LogP contribution in [0.4, 0.5) is 13.2 Å². The quantitative estimate of drug-likeness (QED) is 0.330. The van der Waals surface area contributed by atoms with Crippen molar-refractivity contribution in [1.29, 1.82) is 0 Å². The summed E-state index contributed by atoms with van der Waals surface area (Å²) in [6.07, 6.45) is 5.08. The average Bonchev–Trinajstić information content (AvgIpc) is 2.86. The van der Waals surface area contributed by atoms with Gasteiger partial charge >= 0.3 is 0 Å². The van der Waals surface area contributed by atoms with Crippen LogP contribution in [0.15, 0.2) is 54.6 Å². The van der Waals surface area contributed by atoms with Crippen molar-refractivity contribution in [3.63, 3.8) is 0 Å². The molecule has 0 aromatic heterocycles. The first-order valence-electron chi connectivity index (χ1n) is 12.1. The number of hydrogen-bond acceptors (Lipinski definition) is 2. The van der Waals surface area contributed by atoms with E-state index in [-0.39, 0.29) is 24.1 Å². The standard InChI is InChI=1S/C29H31F3O2/c1-3-19-5-9-22(10-6-19)25-15-16-27(29(32)28(25)31)34-18-20-7-11-21(12-8-20)24-14-13-23(33-4-2)17-26(24)30/h7-8,11-17,19,22H,3-6,9-10,18H2,1-2H3. The van der Waals surface area contributed by atoms with E-state index >= 15 is 0 Å². The van der Waals surface area contributed by atoms with Crippen LogP contribution in [-0.4, -0.2) is 6.61 Å². The Bertz CT molecular complexity index is 1100. The lowest BCUT2D eigenvalue weighted by molar-refractivity contribution is 0.280. The van der Waals surface area contributed by atoms with Crippen LogP contribution in [0.3, 0.4) is 0 Å². The maximum Gasteiger partial charge on any atom is 0.200 e. The molecule has 0 saturated heterocycles. The molecular weight excluding hydrogens is 437 g/mol. The molecule has 0 amide bonds. The molecular formula is C29H31F3O2. The number of benzene rings is 3. The van der Waals surface area contributed by atoms with Gasteiger partial charge in [-0.05, 0) is 79.3 Å². The molecule has 4 rings (SSSR count). The Morgan fingerprint density at radius 3 is 2.18 bits per heavy atom. The Kier molecular flexibility index (Phi) is 7.81. The van der Waals surface area contributed by atoms with E-state index in [0.29, 0.717) is 35.0 Å². The van der Waals surface area contributed by atoms with E-state index in [9.17, 15) is 13.2 Å². The first-order valence-corrected chi connectivity index (χ1v) is 12.1. The van der Waals surface area contributed by atoms with Crippen molar-refractivity contribution in [3.05, 3.63) is 83.2 Å². The third kappa shape index (κ3) is 5.40. The van der Waals surface area contributed by atoms with Gasteiger partial charge in [-0.1, -0.05) is 43.7 Å². The fraction of sp³-hybridized carbons (Fsp3) is 0.379. The lowest BCUT2D eigenvalue weighted by Gasteiger charge is -2.28. The molecule has 34 heavy (non-hydrogen) atoms. The second-order valence-corrected chi connectivity index (χ2v) is 8.97. The van der Waals surface area contributed by atoms with Crippen molar-refractivity contribution < 1.29 is 22.6 Å². The highest BCUT2D eigenvalue weighted by atomic mass is 19.2. The zero-order valence-corrected chi connectivity index (χ0v) is 19.8. The van der Waals surface area contributed by atoms with E-state index in [0.717, 1.165) is 37.7 Å². The van der Waals surface area contributed by atoms with E-state index in [2.05, 4.69) is 6.92 Å². The molecule has 0 heterocycles. The molecule has 1 aliphatic carbocycles. The van der Waals surface area contributed by atoms with E-state index in [1.807, 2.05) is 6.92 Å². The van der Waals surface area contributed by atoms with Crippen molar-refractivity contribution in [3.8, 4) is 22.6 Å². The zero-order chi connectivity index (χ0) is 24.1. The number of rotatable bonds is 8. The summed E-state index contributed by atoms with van der Waals surface area (Å²) in [5.74, 6) is -0.920. The topological polar surface area (TPSA) is 18.5 Å². The monoisotopic (exact) mass is 468 g/mol. The maximum atomic E-state index is 14.8. The minimum absolute atomic E-state index is 0.0712. The van der Waals surface area contributed by atoms with Gasteiger partial charge < -0.3 is 9.47 Å². The first-order chi connectivity index (χ1) is 16.5. The van der Waals surface area contributed by atoms with E-state index < -0.39 is 11.6 Å². The Labute approximate surface area is 199 Å². The molecule has 1 saturated carbocycles. The normalized spacial score (nSPS) is 18.0. The molecule has 0 spiro atoms. The predicted octanol–water partition coefficient (Wildman–Crippen LogP) is 8.43. The van der Waals surface area contributed by atoms with Crippen LogP contribution in [0.25, 0.3) is 11.1 Å². The van der Waals surface area contributed by atoms with Crippen LogP contribution in [0.2, 0.25) is 0 Å². The molecule has 3 aromatic rings. The average molecular weight is 469 g/mol. The van der Waals surface area contributed by atoms with Gasteiger partial charge in [-0.25, -0.2) is 8.78 Å². The summed E-state index contributed by atoms with van der Waals surface area (Å²) >= 11 is 0. The van der Waals surface area contributed by atoms with Gasteiger partial charge in [-0.2, -0.15) is 4.39 Å². The Hall–Kier alpha value is -2.95. The van der Waals surface area contributed by atoms with Crippen LogP contribution in [0.5, 0.6) is 11.5 Å². The van der Waals surface area contributed by atoms with Gasteiger partial charge in [-0.3, -0.25) is 0 Å². The van der Waals surface area contributed by atoms with Gasteiger partial charge in [0.15, 0.2) is 11.6 Å². The summed E-state index contributed by atoms with van der Waals surface area (Å²) in [5, 5.41) is 0. The molecule has 0 radical (unpaired) electrons. The highest BCUT2D eigenvalue weighted by Crippen LogP contribution is 2.39. The SMILES string of the molecule is CCOc1ccc(-c2ccc(COc3ccc(C4CCC(CC)CC4)c(F)c3F)cc2)c(F)c1. The van der Waals surface area contributed by atoms with Crippen LogP contribution in [0.1, 0.15) is 63.0 Å². The Balaban J connectivity index is 1.40. The third-order valence-corrected chi connectivity index (χ3v) is 6.85. The molecule has 0 atom stereocenters. The zero-order valence-electron chi connectivity index (χ0n) is 19.8. The van der Waals surface area contributed by atoms with Crippen LogP contribution >= 0.6 is 0 Å². The molecule has 0 bridgehead atoms. The molecule has 3 aromatic carbocycles. The van der Waals surface area contributed by atoms with E-state index in [1.54, 1.807) is 42.5 Å². The molecule has 1 fully saturated rings. The number of halogens is 3. The van der Waals surface area contributed by atoms with Crippen LogP contribution in [0, 0.1) is 23.4 Å². The van der Waals surface area contributed by atoms with Crippen molar-refractivity contribution >= 4 is 0 Å². The summed E-state index contributed by atoms with van der Waals surface area (Å²) in [4.78, 5) is 0. The van der Waals surface area contributed by atoms with Gasteiger partial charge in [0.25, 0.3) is 0 Å². The minimum Gasteiger partial charge on any atom is -0.494 e. The van der Waals surface area contributed by atoms with Crippen LogP contribution in [-0.2, 0) is 6.61 Å². The second-order valence-electron chi connectivity index (χ2n) is 8.97. The van der Waals surface area contributed by atoms with Crippen molar-refractivity contribution in [2.24, 2.45) is 5.92 Å². The van der Waals surface area contributed by atoms with Crippen molar-refractivity contribution in [1.82, 2.24) is 0 Å². The molecule has 1 aliphatic rings. The summed E-state index contributed by atoms with van der Waals surface area (Å²) < 4.78 is 54.9.